The quantitative estimate of drug-likeness (QED) is 0.165. The zero-order valence-electron chi connectivity index (χ0n) is 29.9. The lowest BCUT2D eigenvalue weighted by molar-refractivity contribution is -0.142. The van der Waals surface area contributed by atoms with E-state index >= 15 is 0 Å². The molecule has 9 rings (SSSR count). The van der Waals surface area contributed by atoms with Gasteiger partial charge in [0.1, 0.15) is 0 Å². The fraction of sp³-hybridized carbons (Fsp3) is 0.0851. The van der Waals surface area contributed by atoms with E-state index in [4.69, 9.17) is 0 Å². The Bertz CT molecular complexity index is 3070. The lowest BCUT2D eigenvalue weighted by Gasteiger charge is -2.22. The van der Waals surface area contributed by atoms with Gasteiger partial charge < -0.3 is 9.13 Å². The minimum atomic E-state index is -5.09. The molecule has 3 nitrogen and oxygen atoms in total. The molecule has 0 radical (unpaired) electrons. The van der Waals surface area contributed by atoms with Crippen molar-refractivity contribution in [1.82, 2.24) is 9.13 Å². The number of nitriles is 1. The molecule has 2 heterocycles. The van der Waals surface area contributed by atoms with Crippen LogP contribution < -0.4 is 0 Å². The number of fused-ring (bicyclic) bond motifs is 6. The fourth-order valence-corrected chi connectivity index (χ4v) is 8.14. The number of hydrogen-bond donors (Lipinski definition) is 0. The van der Waals surface area contributed by atoms with Crippen LogP contribution in [-0.4, -0.2) is 9.13 Å². The third-order valence-electron chi connectivity index (χ3n) is 10.5. The lowest BCUT2D eigenvalue weighted by atomic mass is 9.89. The minimum Gasteiger partial charge on any atom is -0.309 e. The van der Waals surface area contributed by atoms with Crippen LogP contribution in [-0.2, 0) is 12.4 Å². The Balaban J connectivity index is 1.41. The Morgan fingerprint density at radius 2 is 1.02 bits per heavy atom. The van der Waals surface area contributed by atoms with E-state index in [1.165, 1.54) is 12.1 Å². The van der Waals surface area contributed by atoms with Gasteiger partial charge in [-0.1, -0.05) is 71.8 Å². The number of benzene rings is 7. The molecule has 0 fully saturated rings. The highest BCUT2D eigenvalue weighted by Crippen LogP contribution is 2.47. The second-order valence-electron chi connectivity index (χ2n) is 14.0. The molecule has 7 aromatic carbocycles. The predicted octanol–water partition coefficient (Wildman–Crippen LogP) is 13.7. The summed E-state index contributed by atoms with van der Waals surface area (Å²) in [5.74, 6) is 0. The van der Waals surface area contributed by atoms with E-state index in [1.807, 2.05) is 97.3 Å². The summed E-state index contributed by atoms with van der Waals surface area (Å²) in [6.07, 6.45) is -10.2. The van der Waals surface area contributed by atoms with Crippen molar-refractivity contribution >= 4 is 43.6 Å². The third kappa shape index (κ3) is 5.51. The van der Waals surface area contributed by atoms with E-state index < -0.39 is 29.0 Å². The highest BCUT2D eigenvalue weighted by molar-refractivity contribution is 6.11. The number of para-hydroxylation sites is 2. The van der Waals surface area contributed by atoms with Crippen LogP contribution in [0.1, 0.15) is 27.8 Å². The van der Waals surface area contributed by atoms with E-state index in [0.717, 1.165) is 60.8 Å². The predicted molar refractivity (Wildman–Crippen MR) is 210 cm³/mol. The van der Waals surface area contributed by atoms with Gasteiger partial charge in [-0.05, 0) is 98.3 Å². The second-order valence-corrected chi connectivity index (χ2v) is 14.0. The van der Waals surface area contributed by atoms with E-state index in [0.29, 0.717) is 29.1 Å². The molecule has 9 heteroatoms. The van der Waals surface area contributed by atoms with Crippen molar-refractivity contribution in [3.8, 4) is 39.7 Å². The van der Waals surface area contributed by atoms with Crippen LogP contribution in [0.15, 0.2) is 140 Å². The largest absolute Gasteiger partial charge is 0.417 e. The van der Waals surface area contributed by atoms with Crippen LogP contribution in [0.25, 0.3) is 77.2 Å². The van der Waals surface area contributed by atoms with Gasteiger partial charge in [-0.15, -0.1) is 0 Å². The molecule has 0 spiro atoms. The summed E-state index contributed by atoms with van der Waals surface area (Å²) < 4.78 is 91.6. The van der Waals surface area contributed by atoms with Crippen molar-refractivity contribution in [2.45, 2.75) is 26.2 Å². The summed E-state index contributed by atoms with van der Waals surface area (Å²) in [4.78, 5) is 0. The zero-order chi connectivity index (χ0) is 39.1. The summed E-state index contributed by atoms with van der Waals surface area (Å²) in [5, 5.41) is 14.5. The van der Waals surface area contributed by atoms with Gasteiger partial charge in [0, 0.05) is 43.9 Å². The third-order valence-corrected chi connectivity index (χ3v) is 10.5. The standard InChI is InChI=1S/C47H29F6N3/c1-27-14-19-42-35(22-27)32-8-3-5-12-40(32)55(42)31-18-16-30(26-54)34(25-31)37-24-29(45-38(46(48,49)50)10-7-11-39(45)47(51,52)53)17-21-44(37)56-41-13-6-4-9-33(41)36-23-28(2)15-20-43(36)56/h3-25H,1-2H3. The van der Waals surface area contributed by atoms with Gasteiger partial charge in [-0.25, -0.2) is 0 Å². The molecule has 9 aromatic rings. The van der Waals surface area contributed by atoms with Gasteiger partial charge >= 0.3 is 12.4 Å². The van der Waals surface area contributed by atoms with Gasteiger partial charge in [-0.3, -0.25) is 0 Å². The van der Waals surface area contributed by atoms with E-state index in [9.17, 15) is 31.6 Å². The maximum atomic E-state index is 14.6. The molecule has 0 aliphatic carbocycles. The molecule has 0 saturated heterocycles. The fourth-order valence-electron chi connectivity index (χ4n) is 8.14. The Hall–Kier alpha value is -6.79. The topological polar surface area (TPSA) is 33.6 Å². The summed E-state index contributed by atoms with van der Waals surface area (Å²) in [7, 11) is 0. The molecule has 0 N–H and O–H groups in total. The summed E-state index contributed by atoms with van der Waals surface area (Å²) in [6.45, 7) is 3.99. The molecular formula is C47H29F6N3. The van der Waals surface area contributed by atoms with Gasteiger partial charge in [0.2, 0.25) is 0 Å². The van der Waals surface area contributed by atoms with Gasteiger partial charge in [-0.2, -0.15) is 31.6 Å². The molecule has 274 valence electrons. The number of nitrogens with zero attached hydrogens (tertiary/aromatic N) is 3. The molecule has 0 bridgehead atoms. The minimum absolute atomic E-state index is 0.195. The Morgan fingerprint density at radius 1 is 0.482 bits per heavy atom. The number of rotatable bonds is 4. The van der Waals surface area contributed by atoms with Gasteiger partial charge in [0.15, 0.2) is 0 Å². The first-order valence-electron chi connectivity index (χ1n) is 17.8. The smallest absolute Gasteiger partial charge is 0.309 e. The highest BCUT2D eigenvalue weighted by atomic mass is 19.4. The van der Waals surface area contributed by atoms with Crippen LogP contribution in [0.3, 0.4) is 0 Å². The van der Waals surface area contributed by atoms with Crippen LogP contribution in [0.5, 0.6) is 0 Å². The molecule has 0 saturated carbocycles. The maximum absolute atomic E-state index is 14.6. The normalized spacial score (nSPS) is 12.3. The van der Waals surface area contributed by atoms with E-state index in [1.54, 1.807) is 24.3 Å². The van der Waals surface area contributed by atoms with Crippen molar-refractivity contribution < 1.29 is 26.3 Å². The average Bonchev–Trinajstić information content (AvgIpc) is 3.68. The number of aryl methyl sites for hydroxylation is 2. The Morgan fingerprint density at radius 3 is 1.59 bits per heavy atom. The molecule has 0 aliphatic heterocycles. The van der Waals surface area contributed by atoms with Gasteiger partial charge in [0.05, 0.1) is 50.5 Å². The first kappa shape index (κ1) is 34.9. The summed E-state index contributed by atoms with van der Waals surface area (Å²) in [5.41, 5.74) is 3.31. The number of hydrogen-bond acceptors (Lipinski definition) is 1. The van der Waals surface area contributed by atoms with E-state index in [2.05, 4.69) is 16.7 Å². The monoisotopic (exact) mass is 749 g/mol. The highest BCUT2D eigenvalue weighted by Gasteiger charge is 2.41. The number of aromatic nitrogens is 2. The zero-order valence-corrected chi connectivity index (χ0v) is 29.9. The Labute approximate surface area is 316 Å². The second kappa shape index (κ2) is 12.6. The molecule has 0 amide bonds. The van der Waals surface area contributed by atoms with Crippen molar-refractivity contribution in [2.75, 3.05) is 0 Å². The van der Waals surface area contributed by atoms with Crippen LogP contribution in [0.4, 0.5) is 26.3 Å². The molecule has 0 unspecified atom stereocenters. The van der Waals surface area contributed by atoms with Crippen molar-refractivity contribution in [3.05, 3.63) is 167 Å². The molecule has 0 aliphatic rings. The van der Waals surface area contributed by atoms with Crippen molar-refractivity contribution in [2.24, 2.45) is 0 Å². The SMILES string of the molecule is Cc1ccc2c(c1)c1ccccc1n2-c1ccc(C#N)c(-c2cc(-c3c(C(F)(F)F)cccc3C(F)(F)F)ccc2-n2c3ccccc3c3cc(C)ccc32)c1. The maximum Gasteiger partial charge on any atom is 0.417 e. The van der Waals surface area contributed by atoms with Crippen LogP contribution in [0.2, 0.25) is 0 Å². The van der Waals surface area contributed by atoms with Crippen molar-refractivity contribution in [3.63, 3.8) is 0 Å². The van der Waals surface area contributed by atoms with Crippen molar-refractivity contribution in [1.29, 1.82) is 5.26 Å². The van der Waals surface area contributed by atoms with Crippen LogP contribution >= 0.6 is 0 Å². The van der Waals surface area contributed by atoms with E-state index in [-0.39, 0.29) is 16.7 Å². The summed E-state index contributed by atoms with van der Waals surface area (Å²) in [6, 6.07) is 41.5. The summed E-state index contributed by atoms with van der Waals surface area (Å²) >= 11 is 0. The first-order chi connectivity index (χ1) is 26.8. The Kier molecular flexibility index (Phi) is 7.89. The number of halogens is 6. The lowest BCUT2D eigenvalue weighted by Crippen LogP contribution is -2.14. The first-order valence-corrected chi connectivity index (χ1v) is 17.8. The molecular weight excluding hydrogens is 721 g/mol. The molecule has 56 heavy (non-hydrogen) atoms. The van der Waals surface area contributed by atoms with Gasteiger partial charge in [0.25, 0.3) is 0 Å². The number of alkyl halides is 6. The molecule has 0 atom stereocenters. The average molecular weight is 750 g/mol. The molecule has 2 aromatic heterocycles. The van der Waals surface area contributed by atoms with Crippen LogP contribution in [0, 0.1) is 25.2 Å².